The van der Waals surface area contributed by atoms with Gasteiger partial charge in [-0.3, -0.25) is 9.59 Å². The molecule has 0 saturated carbocycles. The van der Waals surface area contributed by atoms with Crippen LogP contribution in [0.2, 0.25) is 0 Å². The van der Waals surface area contributed by atoms with Gasteiger partial charge in [0.05, 0.1) is 0 Å². The SMILES string of the molecule is NC(=O)[C@](N)(C(=O)c1ccccc1)C(N)=S. The summed E-state index contributed by atoms with van der Waals surface area (Å²) in [7, 11) is 0. The highest BCUT2D eigenvalue weighted by Crippen LogP contribution is 2.11. The molecule has 1 aromatic rings. The number of benzene rings is 1. The number of nitrogens with two attached hydrogens (primary N) is 3. The number of thiocarbonyl (C=S) groups is 1. The molecule has 0 aliphatic rings. The second kappa shape index (κ2) is 4.38. The van der Waals surface area contributed by atoms with Crippen LogP contribution < -0.4 is 17.2 Å². The van der Waals surface area contributed by atoms with Crippen LogP contribution in [0.25, 0.3) is 0 Å². The van der Waals surface area contributed by atoms with Crippen molar-refractivity contribution >= 4 is 28.9 Å². The van der Waals surface area contributed by atoms with E-state index in [4.69, 9.17) is 17.2 Å². The van der Waals surface area contributed by atoms with Crippen molar-refractivity contribution in [1.82, 2.24) is 0 Å². The topological polar surface area (TPSA) is 112 Å². The van der Waals surface area contributed by atoms with Crippen LogP contribution in [0, 0.1) is 0 Å². The van der Waals surface area contributed by atoms with Gasteiger partial charge in [-0.2, -0.15) is 0 Å². The lowest BCUT2D eigenvalue weighted by atomic mass is 9.89. The van der Waals surface area contributed by atoms with E-state index < -0.39 is 22.2 Å². The van der Waals surface area contributed by atoms with Gasteiger partial charge in [0, 0.05) is 5.56 Å². The van der Waals surface area contributed by atoms with Gasteiger partial charge in [-0.25, -0.2) is 0 Å². The first-order valence-electron chi connectivity index (χ1n) is 4.39. The molecule has 0 aliphatic heterocycles. The van der Waals surface area contributed by atoms with Crippen molar-refractivity contribution < 1.29 is 9.59 Å². The van der Waals surface area contributed by atoms with Crippen molar-refractivity contribution in [3.8, 4) is 0 Å². The summed E-state index contributed by atoms with van der Waals surface area (Å²) in [5, 5.41) is 0. The van der Waals surface area contributed by atoms with Gasteiger partial charge >= 0.3 is 0 Å². The number of hydrogen-bond donors (Lipinski definition) is 3. The highest BCUT2D eigenvalue weighted by atomic mass is 32.1. The predicted molar refractivity (Wildman–Crippen MR) is 63.7 cm³/mol. The van der Waals surface area contributed by atoms with Crippen LogP contribution in [0.1, 0.15) is 10.4 Å². The summed E-state index contributed by atoms with van der Waals surface area (Å²) in [6.45, 7) is 0. The van der Waals surface area contributed by atoms with E-state index in [1.807, 2.05) is 0 Å². The van der Waals surface area contributed by atoms with Gasteiger partial charge < -0.3 is 17.2 Å². The summed E-state index contributed by atoms with van der Waals surface area (Å²) in [5.41, 5.74) is 14.0. The first kappa shape index (κ1) is 12.3. The molecule has 1 rings (SSSR count). The third-order valence-electron chi connectivity index (χ3n) is 2.17. The fourth-order valence-electron chi connectivity index (χ4n) is 1.16. The van der Waals surface area contributed by atoms with Crippen molar-refractivity contribution in [1.29, 1.82) is 0 Å². The molecule has 0 fully saturated rings. The Hall–Kier alpha value is -1.79. The van der Waals surface area contributed by atoms with Gasteiger partial charge in [-0.15, -0.1) is 0 Å². The zero-order valence-electron chi connectivity index (χ0n) is 8.34. The first-order valence-corrected chi connectivity index (χ1v) is 4.80. The summed E-state index contributed by atoms with van der Waals surface area (Å²) in [6.07, 6.45) is 0. The highest BCUT2D eigenvalue weighted by Gasteiger charge is 2.43. The Balaban J connectivity index is 3.22. The largest absolute Gasteiger partial charge is 0.391 e. The number of carbonyl (C=O) groups is 2. The molecule has 16 heavy (non-hydrogen) atoms. The summed E-state index contributed by atoms with van der Waals surface area (Å²) in [5.74, 6) is -1.76. The van der Waals surface area contributed by atoms with Gasteiger partial charge in [0.15, 0.2) is 5.78 Å². The van der Waals surface area contributed by atoms with Crippen LogP contribution in [0.5, 0.6) is 0 Å². The molecule has 6 N–H and O–H groups in total. The van der Waals surface area contributed by atoms with E-state index in [2.05, 4.69) is 12.2 Å². The smallest absolute Gasteiger partial charge is 0.252 e. The van der Waals surface area contributed by atoms with Crippen molar-refractivity contribution in [3.05, 3.63) is 35.9 Å². The van der Waals surface area contributed by atoms with E-state index in [-0.39, 0.29) is 5.56 Å². The number of amides is 1. The van der Waals surface area contributed by atoms with E-state index in [1.165, 1.54) is 12.1 Å². The Morgan fingerprint density at radius 3 is 2.00 bits per heavy atom. The minimum atomic E-state index is -2.13. The molecular weight excluding hydrogens is 226 g/mol. The fourth-order valence-corrected chi connectivity index (χ4v) is 1.36. The molecule has 0 saturated heterocycles. The van der Waals surface area contributed by atoms with E-state index >= 15 is 0 Å². The predicted octanol–water partition coefficient (Wildman–Crippen LogP) is -0.662. The Kier molecular flexibility index (Phi) is 3.36. The van der Waals surface area contributed by atoms with E-state index in [1.54, 1.807) is 18.2 Å². The average Bonchev–Trinajstić information content (AvgIpc) is 2.27. The van der Waals surface area contributed by atoms with E-state index in [0.29, 0.717) is 0 Å². The van der Waals surface area contributed by atoms with Crippen LogP contribution in [0.3, 0.4) is 0 Å². The maximum absolute atomic E-state index is 12.0. The minimum absolute atomic E-state index is 0.233. The molecule has 84 valence electrons. The Morgan fingerprint density at radius 1 is 1.12 bits per heavy atom. The van der Waals surface area contributed by atoms with Gasteiger partial charge in [0.25, 0.3) is 5.91 Å². The van der Waals surface area contributed by atoms with E-state index in [0.717, 1.165) is 0 Å². The molecule has 1 atom stereocenters. The number of rotatable bonds is 4. The third-order valence-corrected chi connectivity index (χ3v) is 2.49. The lowest BCUT2D eigenvalue weighted by Gasteiger charge is -2.22. The number of Topliss-reactive ketones (excluding diaryl/α,β-unsaturated/α-hetero) is 1. The van der Waals surface area contributed by atoms with Crippen molar-refractivity contribution in [3.63, 3.8) is 0 Å². The summed E-state index contributed by atoms with van der Waals surface area (Å²) in [6, 6.07) is 8.00. The standard InChI is InChI=1S/C10H11N3O2S/c11-8(15)10(13,9(12)16)7(14)6-4-2-1-3-5-6/h1-5H,13H2,(H2,11,15)(H2,12,16)/t10-/m1/s1. The van der Waals surface area contributed by atoms with Crippen molar-refractivity contribution in [2.45, 2.75) is 5.54 Å². The number of hydrogen-bond acceptors (Lipinski definition) is 4. The van der Waals surface area contributed by atoms with Crippen LogP contribution >= 0.6 is 12.2 Å². The molecule has 0 spiro atoms. The molecule has 0 heterocycles. The minimum Gasteiger partial charge on any atom is -0.391 e. The third kappa shape index (κ3) is 1.93. The van der Waals surface area contributed by atoms with Crippen LogP contribution in [-0.4, -0.2) is 22.2 Å². The normalized spacial score (nSPS) is 13.8. The van der Waals surface area contributed by atoms with Gasteiger partial charge in [-0.1, -0.05) is 42.5 Å². The molecular formula is C10H11N3O2S. The second-order valence-electron chi connectivity index (χ2n) is 3.23. The molecule has 0 aromatic heterocycles. The molecule has 6 heteroatoms. The van der Waals surface area contributed by atoms with Crippen LogP contribution in [0.4, 0.5) is 0 Å². The molecule has 5 nitrogen and oxygen atoms in total. The number of carbonyl (C=O) groups excluding carboxylic acids is 2. The molecule has 0 radical (unpaired) electrons. The summed E-state index contributed by atoms with van der Waals surface area (Å²) >= 11 is 4.61. The van der Waals surface area contributed by atoms with Crippen LogP contribution in [-0.2, 0) is 4.79 Å². The quantitative estimate of drug-likeness (QED) is 0.365. The van der Waals surface area contributed by atoms with Gasteiger partial charge in [0.2, 0.25) is 5.54 Å². The zero-order valence-corrected chi connectivity index (χ0v) is 9.16. The van der Waals surface area contributed by atoms with Crippen molar-refractivity contribution in [2.24, 2.45) is 17.2 Å². The summed E-state index contributed by atoms with van der Waals surface area (Å²) in [4.78, 5) is 22.7. The maximum atomic E-state index is 12.0. The Morgan fingerprint density at radius 2 is 1.62 bits per heavy atom. The van der Waals surface area contributed by atoms with Gasteiger partial charge in [0.1, 0.15) is 4.99 Å². The Labute approximate surface area is 97.6 Å². The second-order valence-corrected chi connectivity index (χ2v) is 3.67. The number of ketones is 1. The lowest BCUT2D eigenvalue weighted by molar-refractivity contribution is -0.119. The molecule has 0 aliphatic carbocycles. The molecule has 0 unspecified atom stereocenters. The molecule has 0 bridgehead atoms. The maximum Gasteiger partial charge on any atom is 0.252 e. The molecule has 1 amide bonds. The highest BCUT2D eigenvalue weighted by molar-refractivity contribution is 7.80. The number of primary amides is 1. The first-order chi connectivity index (χ1) is 7.40. The fraction of sp³-hybridized carbons (Fsp3) is 0.100. The van der Waals surface area contributed by atoms with Crippen LogP contribution in [0.15, 0.2) is 30.3 Å². The summed E-state index contributed by atoms with van der Waals surface area (Å²) < 4.78 is 0. The Bertz CT molecular complexity index is 431. The average molecular weight is 237 g/mol. The zero-order chi connectivity index (χ0) is 12.3. The molecule has 1 aromatic carbocycles. The van der Waals surface area contributed by atoms with Gasteiger partial charge in [-0.05, 0) is 0 Å². The van der Waals surface area contributed by atoms with E-state index in [9.17, 15) is 9.59 Å². The lowest BCUT2D eigenvalue weighted by Crippen LogP contribution is -2.65. The van der Waals surface area contributed by atoms with Crippen molar-refractivity contribution in [2.75, 3.05) is 0 Å². The monoisotopic (exact) mass is 237 g/mol.